The number of hydrogen-bond donors (Lipinski definition) is 2. The van der Waals surface area contributed by atoms with Gasteiger partial charge in [0.25, 0.3) is 0 Å². The Morgan fingerprint density at radius 1 is 1.15 bits per heavy atom. The highest BCUT2D eigenvalue weighted by Gasteiger charge is 2.43. The number of carbonyl (C=O) groups is 2. The fraction of sp³-hybridized carbons (Fsp3) is 0.130. The highest BCUT2D eigenvalue weighted by molar-refractivity contribution is 9.10. The summed E-state index contributed by atoms with van der Waals surface area (Å²) in [7, 11) is 2.41. The summed E-state index contributed by atoms with van der Waals surface area (Å²) in [4.78, 5) is 27.4. The van der Waals surface area contributed by atoms with E-state index in [0.29, 0.717) is 21.4 Å². The van der Waals surface area contributed by atoms with Crippen molar-refractivity contribution < 1.29 is 19.1 Å². The number of allylic oxidation sites excluding steroid dienone is 1. The molecule has 166 valence electrons. The van der Waals surface area contributed by atoms with Gasteiger partial charge < -0.3 is 15.2 Å². The molecule has 1 atom stereocenters. The van der Waals surface area contributed by atoms with Crippen molar-refractivity contribution in [2.45, 2.75) is 5.92 Å². The van der Waals surface area contributed by atoms with Gasteiger partial charge in [0.1, 0.15) is 16.1 Å². The topological polar surface area (TPSA) is 134 Å². The number of hydrogen-bond acceptors (Lipinski definition) is 8. The number of esters is 2. The van der Waals surface area contributed by atoms with E-state index in [1.165, 1.54) is 19.1 Å². The minimum Gasteiger partial charge on any atom is -0.466 e. The number of carbonyl (C=O) groups excluding carboxylic acids is 2. The normalized spacial score (nSPS) is 16.1. The van der Waals surface area contributed by atoms with Crippen LogP contribution >= 0.6 is 15.9 Å². The summed E-state index contributed by atoms with van der Waals surface area (Å²) >= 11 is 3.38. The van der Waals surface area contributed by atoms with E-state index in [1.807, 2.05) is 0 Å². The maximum Gasteiger partial charge on any atom is 0.355 e. The third-order valence-electron chi connectivity index (χ3n) is 5.36. The van der Waals surface area contributed by atoms with E-state index in [-0.39, 0.29) is 22.7 Å². The minimum absolute atomic E-state index is 0.00615. The van der Waals surface area contributed by atoms with Crippen molar-refractivity contribution in [1.82, 2.24) is 10.2 Å². The molecular weight excluding hydrogens is 490 g/mol. The van der Waals surface area contributed by atoms with E-state index in [1.54, 1.807) is 48.5 Å². The summed E-state index contributed by atoms with van der Waals surface area (Å²) in [6, 6.07) is 16.1. The Kier molecular flexibility index (Phi) is 5.89. The molecule has 0 spiro atoms. The number of methoxy groups -OCH3 is 2. The van der Waals surface area contributed by atoms with Crippen LogP contribution in [0.5, 0.6) is 0 Å². The van der Waals surface area contributed by atoms with Gasteiger partial charge in [0, 0.05) is 5.39 Å². The van der Waals surface area contributed by atoms with Crippen molar-refractivity contribution >= 4 is 44.5 Å². The summed E-state index contributed by atoms with van der Waals surface area (Å²) in [6.45, 7) is 0. The first kappa shape index (κ1) is 22.1. The number of ether oxygens (including phenoxy) is 2. The smallest absolute Gasteiger partial charge is 0.355 e. The second kappa shape index (κ2) is 8.80. The van der Waals surface area contributed by atoms with Crippen LogP contribution in [0, 0.1) is 11.3 Å². The van der Waals surface area contributed by atoms with Crippen LogP contribution in [0.15, 0.2) is 75.8 Å². The molecular formula is C23H18BrN5O4. The fourth-order valence-corrected chi connectivity index (χ4v) is 4.31. The molecule has 1 aliphatic heterocycles. The van der Waals surface area contributed by atoms with Gasteiger partial charge in [-0.3, -0.25) is 10.00 Å². The average Bonchev–Trinajstić information content (AvgIpc) is 3.22. The van der Waals surface area contributed by atoms with Gasteiger partial charge in [0.05, 0.1) is 48.6 Å². The van der Waals surface area contributed by atoms with E-state index in [9.17, 15) is 14.9 Å². The molecule has 0 fully saturated rings. The van der Waals surface area contributed by atoms with Crippen molar-refractivity contribution in [3.05, 3.63) is 81.4 Å². The first-order chi connectivity index (χ1) is 15.9. The van der Waals surface area contributed by atoms with Crippen molar-refractivity contribution in [1.29, 1.82) is 5.26 Å². The molecule has 0 radical (unpaired) electrons. The molecule has 33 heavy (non-hydrogen) atoms. The number of nitrogens with two attached hydrogens (primary N) is 1. The van der Waals surface area contributed by atoms with Crippen molar-refractivity contribution in [2.24, 2.45) is 5.73 Å². The van der Waals surface area contributed by atoms with Crippen LogP contribution in [-0.4, -0.2) is 36.4 Å². The van der Waals surface area contributed by atoms with Gasteiger partial charge in [0.15, 0.2) is 0 Å². The van der Waals surface area contributed by atoms with E-state index in [4.69, 9.17) is 15.2 Å². The molecule has 9 nitrogen and oxygen atoms in total. The molecule has 1 aromatic heterocycles. The van der Waals surface area contributed by atoms with Gasteiger partial charge in [-0.05, 0) is 39.7 Å². The summed E-state index contributed by atoms with van der Waals surface area (Å²) < 4.78 is 10.7. The van der Waals surface area contributed by atoms with Gasteiger partial charge in [-0.2, -0.15) is 10.4 Å². The molecule has 2 heterocycles. The maximum atomic E-state index is 13.0. The SMILES string of the molecule is COC(=O)C1=C(C(=O)OC)N(c2ccc3c(Br)[nH]nc3c2)C(N)=C(C#N)C1c1ccccc1. The Morgan fingerprint density at radius 3 is 2.48 bits per heavy atom. The van der Waals surface area contributed by atoms with Crippen LogP contribution in [0.2, 0.25) is 0 Å². The van der Waals surface area contributed by atoms with Crippen LogP contribution < -0.4 is 10.6 Å². The second-order valence-electron chi connectivity index (χ2n) is 7.07. The average molecular weight is 508 g/mol. The van der Waals surface area contributed by atoms with Gasteiger partial charge in [0.2, 0.25) is 0 Å². The van der Waals surface area contributed by atoms with E-state index in [2.05, 4.69) is 32.2 Å². The highest BCUT2D eigenvalue weighted by Crippen LogP contribution is 2.43. The summed E-state index contributed by atoms with van der Waals surface area (Å²) in [5.41, 5.74) is 7.99. The zero-order chi connectivity index (χ0) is 23.7. The van der Waals surface area contributed by atoms with Gasteiger partial charge in [-0.1, -0.05) is 30.3 Å². The first-order valence-corrected chi connectivity index (χ1v) is 10.5. The largest absolute Gasteiger partial charge is 0.466 e. The Hall–Kier alpha value is -4.10. The number of fused-ring (bicyclic) bond motifs is 1. The Bertz CT molecular complexity index is 1370. The summed E-state index contributed by atoms with van der Waals surface area (Å²) in [5, 5.41) is 17.9. The lowest BCUT2D eigenvalue weighted by atomic mass is 9.81. The minimum atomic E-state index is -0.919. The molecule has 3 aromatic rings. The van der Waals surface area contributed by atoms with Crippen LogP contribution in [0.25, 0.3) is 10.9 Å². The number of nitriles is 1. The van der Waals surface area contributed by atoms with Crippen LogP contribution in [0.3, 0.4) is 0 Å². The van der Waals surface area contributed by atoms with Crippen molar-refractivity contribution in [2.75, 3.05) is 19.1 Å². The zero-order valence-electron chi connectivity index (χ0n) is 17.6. The van der Waals surface area contributed by atoms with Crippen molar-refractivity contribution in [3.63, 3.8) is 0 Å². The Labute approximate surface area is 197 Å². The lowest BCUT2D eigenvalue weighted by Crippen LogP contribution is -2.40. The number of aromatic nitrogens is 2. The summed E-state index contributed by atoms with van der Waals surface area (Å²) in [5.74, 6) is -2.51. The Balaban J connectivity index is 2.06. The maximum absolute atomic E-state index is 13.0. The lowest BCUT2D eigenvalue weighted by Gasteiger charge is -2.35. The van der Waals surface area contributed by atoms with Gasteiger partial charge >= 0.3 is 11.9 Å². The number of benzene rings is 2. The number of H-pyrrole nitrogens is 1. The quantitative estimate of drug-likeness (QED) is 0.513. The molecule has 4 rings (SSSR count). The predicted octanol–water partition coefficient (Wildman–Crippen LogP) is 3.22. The molecule has 2 aromatic carbocycles. The molecule has 0 aliphatic carbocycles. The number of rotatable bonds is 4. The molecule has 1 aliphatic rings. The van der Waals surface area contributed by atoms with Crippen LogP contribution in [0.4, 0.5) is 5.69 Å². The van der Waals surface area contributed by atoms with Crippen LogP contribution in [-0.2, 0) is 19.1 Å². The number of halogens is 1. The second-order valence-corrected chi connectivity index (χ2v) is 7.87. The van der Waals surface area contributed by atoms with E-state index in [0.717, 1.165) is 5.39 Å². The third-order valence-corrected chi connectivity index (χ3v) is 5.97. The fourth-order valence-electron chi connectivity index (χ4n) is 3.89. The zero-order valence-corrected chi connectivity index (χ0v) is 19.2. The number of aromatic amines is 1. The lowest BCUT2D eigenvalue weighted by molar-refractivity contribution is -0.139. The molecule has 0 bridgehead atoms. The molecule has 10 heteroatoms. The predicted molar refractivity (Wildman–Crippen MR) is 123 cm³/mol. The number of nitrogens with zero attached hydrogens (tertiary/aromatic N) is 3. The van der Waals surface area contributed by atoms with Gasteiger partial charge in [-0.15, -0.1) is 0 Å². The summed E-state index contributed by atoms with van der Waals surface area (Å²) in [6.07, 6.45) is 0. The van der Waals surface area contributed by atoms with E-state index >= 15 is 0 Å². The standard InChI is InChI=1S/C23H18BrN5O4/c1-32-22(30)18-17(12-6-4-3-5-7-12)15(11-25)21(26)29(19(18)23(31)33-2)13-8-9-14-16(10-13)27-28-20(14)24/h3-10,17H,26H2,1-2H3,(H,27,28). The molecule has 3 N–H and O–H groups in total. The first-order valence-electron chi connectivity index (χ1n) is 9.72. The number of nitrogens with one attached hydrogen (secondary N) is 1. The highest BCUT2D eigenvalue weighted by atomic mass is 79.9. The van der Waals surface area contributed by atoms with E-state index < -0.39 is 17.9 Å². The molecule has 0 saturated heterocycles. The third kappa shape index (κ3) is 3.62. The number of anilines is 1. The monoisotopic (exact) mass is 507 g/mol. The Morgan fingerprint density at radius 2 is 1.85 bits per heavy atom. The van der Waals surface area contributed by atoms with Crippen molar-refractivity contribution in [3.8, 4) is 6.07 Å². The molecule has 0 amide bonds. The molecule has 1 unspecified atom stereocenters. The molecule has 0 saturated carbocycles. The van der Waals surface area contributed by atoms with Crippen LogP contribution in [0.1, 0.15) is 11.5 Å². The van der Waals surface area contributed by atoms with Gasteiger partial charge in [-0.25, -0.2) is 9.59 Å².